The Hall–Kier alpha value is -2.68. The molecule has 2 aliphatic heterocycles. The number of amides is 2. The molecule has 27 heavy (non-hydrogen) atoms. The lowest BCUT2D eigenvalue weighted by atomic mass is 10.3. The number of hydrogen-bond donors (Lipinski definition) is 0. The maximum Gasteiger partial charge on any atom is 0.225 e. The van der Waals surface area contributed by atoms with Crippen LogP contribution in [-0.2, 0) is 9.59 Å². The molecule has 0 aromatic carbocycles. The number of aromatic nitrogens is 2. The molecule has 0 bridgehead atoms. The average Bonchev–Trinajstić information content (AvgIpc) is 2.67. The van der Waals surface area contributed by atoms with Gasteiger partial charge in [-0.2, -0.15) is 0 Å². The highest BCUT2D eigenvalue weighted by Gasteiger charge is 2.23. The van der Waals surface area contributed by atoms with Crippen molar-refractivity contribution in [2.45, 2.75) is 13.8 Å². The number of anilines is 2. The molecule has 2 amide bonds. The molecule has 0 saturated carbocycles. The van der Waals surface area contributed by atoms with E-state index in [1.807, 2.05) is 12.1 Å². The Morgan fingerprint density at radius 3 is 2.22 bits per heavy atom. The minimum Gasteiger partial charge on any atom is -0.488 e. The van der Waals surface area contributed by atoms with E-state index in [0.717, 1.165) is 4.47 Å². The lowest BCUT2D eigenvalue weighted by Crippen LogP contribution is -2.36. The molecular weight excluding hydrogens is 416 g/mol. The summed E-state index contributed by atoms with van der Waals surface area (Å²) in [5.74, 6) is 2.56. The van der Waals surface area contributed by atoms with Gasteiger partial charge < -0.3 is 9.47 Å². The molecule has 8 nitrogen and oxygen atoms in total. The van der Waals surface area contributed by atoms with Gasteiger partial charge in [0.1, 0.15) is 13.2 Å². The summed E-state index contributed by atoms with van der Waals surface area (Å²) in [5, 5.41) is 0. The second-order valence-electron chi connectivity index (χ2n) is 5.84. The predicted octanol–water partition coefficient (Wildman–Crippen LogP) is 2.42. The summed E-state index contributed by atoms with van der Waals surface area (Å²) in [6, 6.07) is 5.43. The summed E-state index contributed by atoms with van der Waals surface area (Å²) in [6.07, 6.45) is 3.31. The van der Waals surface area contributed by atoms with Gasteiger partial charge in [-0.05, 0) is 34.1 Å². The fraction of sp³-hybridized carbons (Fsp3) is 0.333. The number of pyridine rings is 2. The highest BCUT2D eigenvalue weighted by molar-refractivity contribution is 9.10. The van der Waals surface area contributed by atoms with Crippen LogP contribution in [0.1, 0.15) is 13.8 Å². The highest BCUT2D eigenvalue weighted by Crippen LogP contribution is 2.31. The van der Waals surface area contributed by atoms with Gasteiger partial charge in [0.05, 0.1) is 13.1 Å². The van der Waals surface area contributed by atoms with Crippen molar-refractivity contribution in [3.63, 3.8) is 0 Å². The van der Waals surface area contributed by atoms with Crippen molar-refractivity contribution in [2.24, 2.45) is 0 Å². The van der Waals surface area contributed by atoms with Gasteiger partial charge in [0.25, 0.3) is 0 Å². The molecule has 0 unspecified atom stereocenters. The highest BCUT2D eigenvalue weighted by atomic mass is 79.9. The van der Waals surface area contributed by atoms with Crippen molar-refractivity contribution in [1.29, 1.82) is 0 Å². The monoisotopic (exact) mass is 434 g/mol. The molecule has 9 heteroatoms. The van der Waals surface area contributed by atoms with Crippen LogP contribution in [0, 0.1) is 0 Å². The zero-order valence-corrected chi connectivity index (χ0v) is 16.6. The first-order valence-electron chi connectivity index (χ1n) is 8.39. The number of nitrogens with zero attached hydrogens (tertiary/aromatic N) is 4. The molecule has 142 valence electrons. The minimum atomic E-state index is -0.00984. The Morgan fingerprint density at radius 1 is 1.00 bits per heavy atom. The second kappa shape index (κ2) is 8.34. The van der Waals surface area contributed by atoms with Crippen molar-refractivity contribution in [2.75, 3.05) is 36.1 Å². The first-order valence-corrected chi connectivity index (χ1v) is 9.19. The molecule has 0 spiro atoms. The Morgan fingerprint density at radius 2 is 1.59 bits per heavy atom. The second-order valence-corrected chi connectivity index (χ2v) is 6.75. The number of ether oxygens (including phenoxy) is 2. The smallest absolute Gasteiger partial charge is 0.225 e. The topological polar surface area (TPSA) is 84.9 Å². The van der Waals surface area contributed by atoms with Crippen LogP contribution in [0.25, 0.3) is 0 Å². The molecule has 0 radical (unpaired) electrons. The molecule has 0 N–H and O–H groups in total. The van der Waals surface area contributed by atoms with Gasteiger partial charge in [0.15, 0.2) is 23.1 Å². The largest absolute Gasteiger partial charge is 0.488 e. The molecule has 2 aliphatic rings. The number of carbonyl (C=O) groups excluding carboxylic acids is 2. The fourth-order valence-corrected chi connectivity index (χ4v) is 3.05. The molecular formula is C18H19BrN4O4. The van der Waals surface area contributed by atoms with E-state index in [-0.39, 0.29) is 11.8 Å². The van der Waals surface area contributed by atoms with Gasteiger partial charge in [-0.1, -0.05) is 0 Å². The van der Waals surface area contributed by atoms with Crippen molar-refractivity contribution in [3.05, 3.63) is 35.1 Å². The third-order valence-electron chi connectivity index (χ3n) is 3.97. The predicted molar refractivity (Wildman–Crippen MR) is 103 cm³/mol. The van der Waals surface area contributed by atoms with Gasteiger partial charge in [-0.15, -0.1) is 0 Å². The maximum atomic E-state index is 11.3. The third-order valence-corrected chi connectivity index (χ3v) is 4.40. The van der Waals surface area contributed by atoms with Crippen LogP contribution in [0.5, 0.6) is 11.5 Å². The van der Waals surface area contributed by atoms with Crippen LogP contribution >= 0.6 is 15.9 Å². The summed E-state index contributed by atoms with van der Waals surface area (Å²) in [6.45, 7) is 5.27. The summed E-state index contributed by atoms with van der Waals surface area (Å²) >= 11 is 3.30. The normalized spacial score (nSPS) is 14.6. The lowest BCUT2D eigenvalue weighted by Gasteiger charge is -2.27. The lowest BCUT2D eigenvalue weighted by molar-refractivity contribution is -0.117. The van der Waals surface area contributed by atoms with Crippen LogP contribution in [-0.4, -0.2) is 48.1 Å². The van der Waals surface area contributed by atoms with Crippen LogP contribution < -0.4 is 19.3 Å². The van der Waals surface area contributed by atoms with E-state index in [2.05, 4.69) is 25.9 Å². The average molecular weight is 435 g/mol. The molecule has 0 atom stereocenters. The standard InChI is InChI=1S/C9H9BrN2O2.C9H10N2O2/c1-6(13)12-2-3-14-8-4-7(10)5-11-9(8)12;1-7(12)11-5-6-13-8-3-2-4-10-9(8)11/h4-5H,2-3H2,1H3;2-4H,5-6H2,1H3. The van der Waals surface area contributed by atoms with E-state index in [1.165, 1.54) is 13.8 Å². The van der Waals surface area contributed by atoms with Crippen molar-refractivity contribution < 1.29 is 19.1 Å². The van der Waals surface area contributed by atoms with Crippen molar-refractivity contribution in [1.82, 2.24) is 9.97 Å². The zero-order chi connectivity index (χ0) is 19.4. The van der Waals surface area contributed by atoms with Crippen LogP contribution in [0.4, 0.5) is 11.6 Å². The Kier molecular flexibility index (Phi) is 5.90. The summed E-state index contributed by atoms with van der Waals surface area (Å²) < 4.78 is 11.6. The number of halogens is 1. The van der Waals surface area contributed by atoms with Crippen molar-refractivity contribution >= 4 is 39.4 Å². The van der Waals surface area contributed by atoms with Gasteiger partial charge in [-0.3, -0.25) is 19.4 Å². The first-order chi connectivity index (χ1) is 13.0. The van der Waals surface area contributed by atoms with Crippen molar-refractivity contribution in [3.8, 4) is 11.5 Å². The van der Waals surface area contributed by atoms with Crippen LogP contribution in [0.15, 0.2) is 35.1 Å². The number of fused-ring (bicyclic) bond motifs is 2. The number of hydrogen-bond acceptors (Lipinski definition) is 6. The maximum absolute atomic E-state index is 11.3. The van der Waals surface area contributed by atoms with Gasteiger partial charge in [-0.25, -0.2) is 9.97 Å². The molecule has 0 fully saturated rings. The van der Waals surface area contributed by atoms with Crippen LogP contribution in [0.3, 0.4) is 0 Å². The molecule has 4 heterocycles. The third kappa shape index (κ3) is 4.36. The minimum absolute atomic E-state index is 0.00301. The molecule has 4 rings (SSSR count). The summed E-state index contributed by atoms with van der Waals surface area (Å²) in [7, 11) is 0. The number of carbonyl (C=O) groups is 2. The van der Waals surface area contributed by atoms with E-state index < -0.39 is 0 Å². The van der Waals surface area contributed by atoms with E-state index in [0.29, 0.717) is 49.4 Å². The van der Waals surface area contributed by atoms with Crippen LogP contribution in [0.2, 0.25) is 0 Å². The quantitative estimate of drug-likeness (QED) is 0.632. The molecule has 0 aliphatic carbocycles. The Labute approximate surface area is 165 Å². The zero-order valence-electron chi connectivity index (χ0n) is 15.0. The SMILES string of the molecule is CC(=O)N1CCOc2cc(Br)cnc21.CC(=O)N1CCOc2cccnc21. The van der Waals surface area contributed by atoms with Gasteiger partial charge >= 0.3 is 0 Å². The molecule has 2 aromatic heterocycles. The van der Waals surface area contributed by atoms with E-state index >= 15 is 0 Å². The Bertz CT molecular complexity index is 861. The molecule has 2 aromatic rings. The van der Waals surface area contributed by atoms with Gasteiger partial charge in [0, 0.05) is 30.7 Å². The summed E-state index contributed by atoms with van der Waals surface area (Å²) in [4.78, 5) is 34.0. The Balaban J connectivity index is 0.000000156. The summed E-state index contributed by atoms with van der Waals surface area (Å²) in [5.41, 5.74) is 0. The molecule has 0 saturated heterocycles. The van der Waals surface area contributed by atoms with E-state index in [4.69, 9.17) is 9.47 Å². The van der Waals surface area contributed by atoms with E-state index in [1.54, 1.807) is 28.3 Å². The van der Waals surface area contributed by atoms with E-state index in [9.17, 15) is 9.59 Å². The fourth-order valence-electron chi connectivity index (χ4n) is 2.74. The van der Waals surface area contributed by atoms with Gasteiger partial charge in [0.2, 0.25) is 11.8 Å². The first kappa shape index (κ1) is 19.1. The number of rotatable bonds is 0.